The number of thiophene rings is 1. The first kappa shape index (κ1) is 12.9. The number of benzene rings is 1. The lowest BCUT2D eigenvalue weighted by Gasteiger charge is -2.34. The molecular formula is C17H21NS. The molecule has 1 aromatic carbocycles. The molecule has 2 atom stereocenters. The smallest absolute Gasteiger partial charge is 0.0354 e. The molecule has 0 radical (unpaired) electrons. The van der Waals surface area contributed by atoms with Crippen LogP contribution >= 0.6 is 11.3 Å². The van der Waals surface area contributed by atoms with Crippen LogP contribution in [0.25, 0.3) is 0 Å². The minimum Gasteiger partial charge on any atom is -0.310 e. The minimum atomic E-state index is 0.523. The zero-order valence-electron chi connectivity index (χ0n) is 11.4. The van der Waals surface area contributed by atoms with Gasteiger partial charge in [-0.25, -0.2) is 0 Å². The molecule has 1 nitrogen and oxygen atoms in total. The van der Waals surface area contributed by atoms with Crippen LogP contribution in [0.15, 0.2) is 41.1 Å². The topological polar surface area (TPSA) is 12.0 Å². The van der Waals surface area contributed by atoms with Crippen LogP contribution in [0.4, 0.5) is 0 Å². The van der Waals surface area contributed by atoms with E-state index in [2.05, 4.69) is 53.3 Å². The van der Waals surface area contributed by atoms with Gasteiger partial charge in [0.05, 0.1) is 0 Å². The lowest BCUT2D eigenvalue weighted by Crippen LogP contribution is -2.33. The molecular weight excluding hydrogens is 250 g/mol. The third-order valence-corrected chi connectivity index (χ3v) is 4.88. The Morgan fingerprint density at radius 1 is 1.26 bits per heavy atom. The van der Waals surface area contributed by atoms with Crippen LogP contribution in [-0.4, -0.2) is 6.54 Å². The Balaban J connectivity index is 1.85. The molecule has 1 aromatic heterocycles. The SMILES string of the molecule is CCNC1c2ccccc2CCC1Cc1ccsc1. The first-order valence-corrected chi connectivity index (χ1v) is 8.15. The highest BCUT2D eigenvalue weighted by atomic mass is 32.1. The summed E-state index contributed by atoms with van der Waals surface area (Å²) in [5.74, 6) is 0.726. The summed E-state index contributed by atoms with van der Waals surface area (Å²) in [6.45, 7) is 3.25. The molecule has 2 heteroatoms. The van der Waals surface area contributed by atoms with Gasteiger partial charge in [-0.2, -0.15) is 11.3 Å². The van der Waals surface area contributed by atoms with Crippen LogP contribution in [0.3, 0.4) is 0 Å². The molecule has 0 aliphatic heterocycles. The summed E-state index contributed by atoms with van der Waals surface area (Å²) in [6, 6.07) is 11.7. The predicted molar refractivity (Wildman–Crippen MR) is 82.7 cm³/mol. The number of rotatable bonds is 4. The van der Waals surface area contributed by atoms with E-state index in [4.69, 9.17) is 0 Å². The fourth-order valence-corrected chi connectivity index (χ4v) is 3.94. The van der Waals surface area contributed by atoms with E-state index in [0.29, 0.717) is 6.04 Å². The standard InChI is InChI=1S/C17H21NS/c1-2-18-17-15(11-13-9-10-19-12-13)8-7-14-5-3-4-6-16(14)17/h3-6,9-10,12,15,17-18H,2,7-8,11H2,1H3. The van der Waals surface area contributed by atoms with E-state index in [1.807, 2.05) is 11.3 Å². The first-order chi connectivity index (χ1) is 9.38. The quantitative estimate of drug-likeness (QED) is 0.878. The molecule has 0 bridgehead atoms. The Morgan fingerprint density at radius 2 is 2.16 bits per heavy atom. The summed E-state index contributed by atoms with van der Waals surface area (Å²) >= 11 is 1.81. The van der Waals surface area contributed by atoms with Crippen molar-refractivity contribution in [2.45, 2.75) is 32.2 Å². The van der Waals surface area contributed by atoms with Crippen molar-refractivity contribution in [3.05, 3.63) is 57.8 Å². The van der Waals surface area contributed by atoms with Gasteiger partial charge in [0.15, 0.2) is 0 Å². The summed E-state index contributed by atoms with van der Waals surface area (Å²) in [4.78, 5) is 0. The van der Waals surface area contributed by atoms with E-state index in [0.717, 1.165) is 12.5 Å². The molecule has 19 heavy (non-hydrogen) atoms. The van der Waals surface area contributed by atoms with Gasteiger partial charge in [-0.3, -0.25) is 0 Å². The average Bonchev–Trinajstić information content (AvgIpc) is 2.94. The Bertz CT molecular complexity index is 518. The van der Waals surface area contributed by atoms with Crippen LogP contribution in [0.5, 0.6) is 0 Å². The molecule has 3 rings (SSSR count). The fraction of sp³-hybridized carbons (Fsp3) is 0.412. The highest BCUT2D eigenvalue weighted by Crippen LogP contribution is 2.36. The van der Waals surface area contributed by atoms with Crippen molar-refractivity contribution in [2.24, 2.45) is 5.92 Å². The second-order valence-electron chi connectivity index (χ2n) is 5.37. The van der Waals surface area contributed by atoms with Gasteiger partial charge >= 0.3 is 0 Å². The highest BCUT2D eigenvalue weighted by molar-refractivity contribution is 7.07. The summed E-state index contributed by atoms with van der Waals surface area (Å²) in [6.07, 6.45) is 3.73. The third kappa shape index (κ3) is 2.75. The third-order valence-electron chi connectivity index (χ3n) is 4.15. The lowest BCUT2D eigenvalue weighted by molar-refractivity contribution is 0.323. The van der Waals surface area contributed by atoms with Crippen LogP contribution in [0.1, 0.15) is 36.1 Å². The molecule has 1 heterocycles. The Morgan fingerprint density at radius 3 is 2.95 bits per heavy atom. The van der Waals surface area contributed by atoms with Crippen molar-refractivity contribution in [1.29, 1.82) is 0 Å². The monoisotopic (exact) mass is 271 g/mol. The molecule has 1 aliphatic rings. The highest BCUT2D eigenvalue weighted by Gasteiger charge is 2.28. The Kier molecular flexibility index (Phi) is 4.00. The minimum absolute atomic E-state index is 0.523. The normalized spacial score (nSPS) is 22.2. The Labute approximate surface area is 119 Å². The summed E-state index contributed by atoms with van der Waals surface area (Å²) < 4.78 is 0. The van der Waals surface area contributed by atoms with Gasteiger partial charge in [0.25, 0.3) is 0 Å². The van der Waals surface area contributed by atoms with Crippen molar-refractivity contribution in [2.75, 3.05) is 6.54 Å². The summed E-state index contributed by atoms with van der Waals surface area (Å²) in [5, 5.41) is 8.19. The molecule has 2 aromatic rings. The molecule has 100 valence electrons. The van der Waals surface area contributed by atoms with Crippen LogP contribution in [-0.2, 0) is 12.8 Å². The van der Waals surface area contributed by atoms with Gasteiger partial charge in [0.2, 0.25) is 0 Å². The maximum Gasteiger partial charge on any atom is 0.0354 e. The largest absolute Gasteiger partial charge is 0.310 e. The van der Waals surface area contributed by atoms with E-state index in [9.17, 15) is 0 Å². The van der Waals surface area contributed by atoms with Gasteiger partial charge in [0, 0.05) is 6.04 Å². The van der Waals surface area contributed by atoms with Gasteiger partial charge in [0.1, 0.15) is 0 Å². The molecule has 0 amide bonds. The summed E-state index contributed by atoms with van der Waals surface area (Å²) in [5.41, 5.74) is 4.56. The number of hydrogen-bond donors (Lipinski definition) is 1. The van der Waals surface area contributed by atoms with Crippen molar-refractivity contribution >= 4 is 11.3 Å². The van der Waals surface area contributed by atoms with Gasteiger partial charge < -0.3 is 5.32 Å². The van der Waals surface area contributed by atoms with Crippen LogP contribution in [0, 0.1) is 5.92 Å². The van der Waals surface area contributed by atoms with Gasteiger partial charge in [-0.05, 0) is 65.2 Å². The van der Waals surface area contributed by atoms with E-state index in [1.54, 1.807) is 0 Å². The average molecular weight is 271 g/mol. The second kappa shape index (κ2) is 5.89. The predicted octanol–water partition coefficient (Wildman–Crippen LogP) is 4.20. The molecule has 0 spiro atoms. The van der Waals surface area contributed by atoms with E-state index >= 15 is 0 Å². The zero-order chi connectivity index (χ0) is 13.1. The lowest BCUT2D eigenvalue weighted by atomic mass is 9.77. The number of hydrogen-bond acceptors (Lipinski definition) is 2. The van der Waals surface area contributed by atoms with E-state index in [-0.39, 0.29) is 0 Å². The number of aryl methyl sites for hydroxylation is 1. The number of nitrogens with one attached hydrogen (secondary N) is 1. The molecule has 0 saturated carbocycles. The Hall–Kier alpha value is -1.12. The van der Waals surface area contributed by atoms with Crippen LogP contribution < -0.4 is 5.32 Å². The molecule has 0 fully saturated rings. The van der Waals surface area contributed by atoms with Crippen LogP contribution in [0.2, 0.25) is 0 Å². The van der Waals surface area contributed by atoms with Crippen molar-refractivity contribution < 1.29 is 0 Å². The zero-order valence-corrected chi connectivity index (χ0v) is 12.2. The van der Waals surface area contributed by atoms with Crippen molar-refractivity contribution in [1.82, 2.24) is 5.32 Å². The van der Waals surface area contributed by atoms with E-state index < -0.39 is 0 Å². The maximum absolute atomic E-state index is 3.71. The molecule has 2 unspecified atom stereocenters. The van der Waals surface area contributed by atoms with Crippen molar-refractivity contribution in [3.63, 3.8) is 0 Å². The summed E-state index contributed by atoms with van der Waals surface area (Å²) in [7, 11) is 0. The maximum atomic E-state index is 3.71. The van der Waals surface area contributed by atoms with Gasteiger partial charge in [-0.1, -0.05) is 31.2 Å². The number of fused-ring (bicyclic) bond motifs is 1. The first-order valence-electron chi connectivity index (χ1n) is 7.20. The van der Waals surface area contributed by atoms with E-state index in [1.165, 1.54) is 36.0 Å². The fourth-order valence-electron chi connectivity index (χ4n) is 3.25. The second-order valence-corrected chi connectivity index (χ2v) is 6.15. The van der Waals surface area contributed by atoms with Gasteiger partial charge in [-0.15, -0.1) is 0 Å². The van der Waals surface area contributed by atoms with Crippen molar-refractivity contribution in [3.8, 4) is 0 Å². The molecule has 0 saturated heterocycles. The molecule has 1 N–H and O–H groups in total. The molecule has 1 aliphatic carbocycles.